The lowest BCUT2D eigenvalue weighted by atomic mass is 9.97. The predicted octanol–water partition coefficient (Wildman–Crippen LogP) is 4.92. The average molecular weight is 295 g/mol. The number of nitrogens with one attached hydrogen (secondary N) is 1. The molecule has 0 aliphatic heterocycles. The van der Waals surface area contributed by atoms with Crippen LogP contribution in [0.4, 0.5) is 5.69 Å². The van der Waals surface area contributed by atoms with Crippen LogP contribution in [-0.2, 0) is 11.2 Å². The Morgan fingerprint density at radius 1 is 1.05 bits per heavy atom. The van der Waals surface area contributed by atoms with E-state index in [0.717, 1.165) is 16.8 Å². The first-order valence-electron chi connectivity index (χ1n) is 7.84. The fraction of sp³-hybridized carbons (Fsp3) is 0.350. The Kier molecular flexibility index (Phi) is 5.02. The second-order valence-electron chi connectivity index (χ2n) is 6.35. The molecule has 116 valence electrons. The second-order valence-corrected chi connectivity index (χ2v) is 6.35. The zero-order chi connectivity index (χ0) is 16.3. The maximum absolute atomic E-state index is 12.4. The number of benzene rings is 2. The Hall–Kier alpha value is -2.09. The molecule has 0 saturated carbocycles. The number of para-hydroxylation sites is 1. The van der Waals surface area contributed by atoms with E-state index in [2.05, 4.69) is 51.2 Å². The maximum atomic E-state index is 12.4. The lowest BCUT2D eigenvalue weighted by Crippen LogP contribution is -2.17. The van der Waals surface area contributed by atoms with E-state index in [-0.39, 0.29) is 5.91 Å². The lowest BCUT2D eigenvalue weighted by Gasteiger charge is -2.17. The summed E-state index contributed by atoms with van der Waals surface area (Å²) in [6.45, 7) is 10.5. The van der Waals surface area contributed by atoms with Crippen LogP contribution in [0.15, 0.2) is 36.4 Å². The highest BCUT2D eigenvalue weighted by molar-refractivity contribution is 5.94. The summed E-state index contributed by atoms with van der Waals surface area (Å²) < 4.78 is 0. The summed E-state index contributed by atoms with van der Waals surface area (Å²) in [5.74, 6) is 0.430. The summed E-state index contributed by atoms with van der Waals surface area (Å²) in [5, 5.41) is 3.11. The highest BCUT2D eigenvalue weighted by Crippen LogP contribution is 2.27. The van der Waals surface area contributed by atoms with Crippen molar-refractivity contribution in [3.05, 3.63) is 64.2 Å². The lowest BCUT2D eigenvalue weighted by molar-refractivity contribution is -0.115. The standard InChI is InChI=1S/C20H25NO/c1-13(2)18-8-6-7-15(4)20(18)21-19(22)12-17-10-9-14(3)11-16(17)5/h6-11,13H,12H2,1-5H3,(H,21,22). The Bertz CT molecular complexity index is 686. The van der Waals surface area contributed by atoms with Gasteiger partial charge in [0.05, 0.1) is 6.42 Å². The van der Waals surface area contributed by atoms with Crippen LogP contribution in [0.3, 0.4) is 0 Å². The van der Waals surface area contributed by atoms with Gasteiger partial charge in [-0.15, -0.1) is 0 Å². The number of hydrogen-bond acceptors (Lipinski definition) is 1. The van der Waals surface area contributed by atoms with E-state index in [1.54, 1.807) is 0 Å². The van der Waals surface area contributed by atoms with Crippen LogP contribution in [0.2, 0.25) is 0 Å². The number of carbonyl (C=O) groups excluding carboxylic acids is 1. The molecule has 0 aliphatic carbocycles. The summed E-state index contributed by atoms with van der Waals surface area (Å²) in [4.78, 5) is 12.4. The molecule has 1 N–H and O–H groups in total. The van der Waals surface area contributed by atoms with Gasteiger partial charge in [0, 0.05) is 5.69 Å². The Morgan fingerprint density at radius 2 is 1.77 bits per heavy atom. The Morgan fingerprint density at radius 3 is 2.41 bits per heavy atom. The molecule has 0 aliphatic rings. The molecule has 22 heavy (non-hydrogen) atoms. The molecule has 2 aromatic carbocycles. The molecule has 0 radical (unpaired) electrons. The third-order valence-corrected chi connectivity index (χ3v) is 4.04. The highest BCUT2D eigenvalue weighted by atomic mass is 16.1. The van der Waals surface area contributed by atoms with Crippen LogP contribution in [0.1, 0.15) is 47.6 Å². The van der Waals surface area contributed by atoms with Gasteiger partial charge in [-0.25, -0.2) is 0 Å². The van der Waals surface area contributed by atoms with Crippen LogP contribution in [0.5, 0.6) is 0 Å². The fourth-order valence-corrected chi connectivity index (χ4v) is 2.74. The predicted molar refractivity (Wildman–Crippen MR) is 93.5 cm³/mol. The molecule has 0 heterocycles. The van der Waals surface area contributed by atoms with Crippen LogP contribution in [0.25, 0.3) is 0 Å². The number of hydrogen-bond donors (Lipinski definition) is 1. The molecule has 2 rings (SSSR count). The summed E-state index contributed by atoms with van der Waals surface area (Å²) in [7, 11) is 0. The molecule has 0 bridgehead atoms. The van der Waals surface area contributed by atoms with Gasteiger partial charge in [0.15, 0.2) is 0 Å². The van der Waals surface area contributed by atoms with Gasteiger partial charge in [-0.3, -0.25) is 4.79 Å². The number of anilines is 1. The van der Waals surface area contributed by atoms with Crippen LogP contribution < -0.4 is 5.32 Å². The molecular formula is C20H25NO. The molecule has 0 atom stereocenters. The first-order chi connectivity index (χ1) is 10.4. The minimum Gasteiger partial charge on any atom is -0.325 e. The van der Waals surface area contributed by atoms with Gasteiger partial charge >= 0.3 is 0 Å². The number of rotatable bonds is 4. The molecule has 0 spiro atoms. The van der Waals surface area contributed by atoms with Crippen molar-refractivity contribution in [3.63, 3.8) is 0 Å². The number of aryl methyl sites for hydroxylation is 3. The summed E-state index contributed by atoms with van der Waals surface area (Å²) in [6.07, 6.45) is 0.415. The molecule has 2 nitrogen and oxygen atoms in total. The van der Waals surface area contributed by atoms with Crippen LogP contribution >= 0.6 is 0 Å². The van der Waals surface area contributed by atoms with E-state index in [0.29, 0.717) is 12.3 Å². The monoisotopic (exact) mass is 295 g/mol. The summed E-state index contributed by atoms with van der Waals surface area (Å²) >= 11 is 0. The third kappa shape index (κ3) is 3.76. The van der Waals surface area contributed by atoms with Crippen LogP contribution in [-0.4, -0.2) is 5.91 Å². The third-order valence-electron chi connectivity index (χ3n) is 4.04. The van der Waals surface area contributed by atoms with Gasteiger partial charge in [-0.05, 0) is 48.9 Å². The largest absolute Gasteiger partial charge is 0.325 e. The minimum absolute atomic E-state index is 0.0446. The smallest absolute Gasteiger partial charge is 0.228 e. The minimum atomic E-state index is 0.0446. The van der Waals surface area contributed by atoms with E-state index in [9.17, 15) is 4.79 Å². The second kappa shape index (κ2) is 6.78. The SMILES string of the molecule is Cc1ccc(CC(=O)Nc2c(C)cccc2C(C)C)c(C)c1. The van der Waals surface area contributed by atoms with Crippen molar-refractivity contribution < 1.29 is 4.79 Å². The molecule has 2 aromatic rings. The zero-order valence-electron chi connectivity index (χ0n) is 14.2. The van der Waals surface area contributed by atoms with E-state index >= 15 is 0 Å². The normalized spacial score (nSPS) is 10.8. The Balaban J connectivity index is 2.19. The molecule has 0 unspecified atom stereocenters. The van der Waals surface area contributed by atoms with Crippen molar-refractivity contribution in [2.75, 3.05) is 5.32 Å². The molecular weight excluding hydrogens is 270 g/mol. The zero-order valence-corrected chi connectivity index (χ0v) is 14.2. The van der Waals surface area contributed by atoms with Crippen molar-refractivity contribution in [2.24, 2.45) is 0 Å². The van der Waals surface area contributed by atoms with Gasteiger partial charge in [-0.1, -0.05) is 55.8 Å². The van der Waals surface area contributed by atoms with Crippen molar-refractivity contribution in [3.8, 4) is 0 Å². The van der Waals surface area contributed by atoms with Gasteiger partial charge in [0.1, 0.15) is 0 Å². The van der Waals surface area contributed by atoms with Crippen molar-refractivity contribution >= 4 is 11.6 Å². The van der Waals surface area contributed by atoms with Gasteiger partial charge in [-0.2, -0.15) is 0 Å². The first kappa shape index (κ1) is 16.3. The summed E-state index contributed by atoms with van der Waals surface area (Å²) in [5.41, 5.74) is 6.75. The van der Waals surface area contributed by atoms with E-state index in [1.165, 1.54) is 16.7 Å². The molecule has 0 saturated heterocycles. The van der Waals surface area contributed by atoms with Crippen molar-refractivity contribution in [2.45, 2.75) is 47.0 Å². The molecule has 0 aromatic heterocycles. The number of amides is 1. The molecule has 1 amide bonds. The van der Waals surface area contributed by atoms with Crippen LogP contribution in [0, 0.1) is 20.8 Å². The molecule has 2 heteroatoms. The van der Waals surface area contributed by atoms with E-state index in [1.807, 2.05) is 25.1 Å². The molecule has 0 fully saturated rings. The number of carbonyl (C=O) groups is 1. The topological polar surface area (TPSA) is 29.1 Å². The van der Waals surface area contributed by atoms with Gasteiger partial charge in [0.25, 0.3) is 0 Å². The maximum Gasteiger partial charge on any atom is 0.228 e. The van der Waals surface area contributed by atoms with Gasteiger partial charge in [0.2, 0.25) is 5.91 Å². The summed E-state index contributed by atoms with van der Waals surface area (Å²) in [6, 6.07) is 12.4. The fourth-order valence-electron chi connectivity index (χ4n) is 2.74. The van der Waals surface area contributed by atoms with E-state index in [4.69, 9.17) is 0 Å². The quantitative estimate of drug-likeness (QED) is 0.852. The Labute approximate surface area is 133 Å². The van der Waals surface area contributed by atoms with Crippen molar-refractivity contribution in [1.29, 1.82) is 0 Å². The van der Waals surface area contributed by atoms with Crippen molar-refractivity contribution in [1.82, 2.24) is 0 Å². The van der Waals surface area contributed by atoms with Gasteiger partial charge < -0.3 is 5.32 Å². The first-order valence-corrected chi connectivity index (χ1v) is 7.84. The average Bonchev–Trinajstić information content (AvgIpc) is 2.44. The van der Waals surface area contributed by atoms with E-state index < -0.39 is 0 Å². The highest BCUT2D eigenvalue weighted by Gasteiger charge is 2.13.